The van der Waals surface area contributed by atoms with E-state index in [4.69, 9.17) is 10.5 Å². The number of phenolic OH excluding ortho intramolecular Hbond substituents is 1. The van der Waals surface area contributed by atoms with Crippen LogP contribution in [0.4, 0.5) is 0 Å². The van der Waals surface area contributed by atoms with Gasteiger partial charge in [-0.25, -0.2) is 0 Å². The summed E-state index contributed by atoms with van der Waals surface area (Å²) in [6, 6.07) is 2.16. The van der Waals surface area contributed by atoms with Gasteiger partial charge in [-0.05, 0) is 37.8 Å². The van der Waals surface area contributed by atoms with E-state index in [9.17, 15) is 5.11 Å². The highest BCUT2D eigenvalue weighted by Gasteiger charge is 2.36. The van der Waals surface area contributed by atoms with Gasteiger partial charge in [0.15, 0.2) is 11.5 Å². The van der Waals surface area contributed by atoms with Gasteiger partial charge < -0.3 is 15.6 Å². The lowest BCUT2D eigenvalue weighted by molar-refractivity contribution is 0.282. The van der Waals surface area contributed by atoms with Crippen LogP contribution in [0.5, 0.6) is 11.5 Å². The van der Waals surface area contributed by atoms with Crippen LogP contribution in [-0.2, 0) is 5.41 Å². The molecule has 19 heavy (non-hydrogen) atoms. The number of phenols is 1. The Morgan fingerprint density at radius 3 is 2.42 bits per heavy atom. The van der Waals surface area contributed by atoms with Gasteiger partial charge in [0, 0.05) is 17.5 Å². The van der Waals surface area contributed by atoms with Crippen LogP contribution in [0.25, 0.3) is 0 Å². The van der Waals surface area contributed by atoms with Crippen molar-refractivity contribution in [3.8, 4) is 11.5 Å². The Labute approximate surface area is 115 Å². The van der Waals surface area contributed by atoms with E-state index in [0.717, 1.165) is 29.5 Å². The zero-order valence-corrected chi connectivity index (χ0v) is 12.3. The maximum absolute atomic E-state index is 10.3. The molecule has 0 spiro atoms. The van der Waals surface area contributed by atoms with Crippen molar-refractivity contribution in [1.82, 2.24) is 0 Å². The molecule has 1 aromatic carbocycles. The Hall–Kier alpha value is -1.22. The van der Waals surface area contributed by atoms with Crippen LogP contribution in [0.1, 0.15) is 48.8 Å². The fourth-order valence-corrected chi connectivity index (χ4v) is 3.29. The minimum atomic E-state index is -0.0282. The SMILES string of the molecule is COc1c(C2(CN)CCCCC2)cc(C)c(C)c1O. The van der Waals surface area contributed by atoms with E-state index in [0.29, 0.717) is 12.3 Å². The highest BCUT2D eigenvalue weighted by Crippen LogP contribution is 2.47. The number of aryl methyl sites for hydroxylation is 1. The van der Waals surface area contributed by atoms with Crippen molar-refractivity contribution in [3.05, 3.63) is 22.8 Å². The summed E-state index contributed by atoms with van der Waals surface area (Å²) < 4.78 is 5.49. The summed E-state index contributed by atoms with van der Waals surface area (Å²) in [6.07, 6.45) is 5.85. The van der Waals surface area contributed by atoms with Gasteiger partial charge >= 0.3 is 0 Å². The molecule has 1 aromatic rings. The summed E-state index contributed by atoms with van der Waals surface area (Å²) >= 11 is 0. The molecule has 106 valence electrons. The molecule has 0 atom stereocenters. The van der Waals surface area contributed by atoms with E-state index in [2.05, 4.69) is 6.07 Å². The van der Waals surface area contributed by atoms with Gasteiger partial charge in [0.05, 0.1) is 7.11 Å². The molecule has 3 heteroatoms. The normalized spacial score (nSPS) is 18.3. The van der Waals surface area contributed by atoms with E-state index in [1.54, 1.807) is 7.11 Å². The molecule has 0 aliphatic heterocycles. The highest BCUT2D eigenvalue weighted by atomic mass is 16.5. The van der Waals surface area contributed by atoms with Crippen LogP contribution < -0.4 is 10.5 Å². The average Bonchev–Trinajstić information content (AvgIpc) is 2.45. The number of nitrogens with two attached hydrogens (primary N) is 1. The number of rotatable bonds is 3. The van der Waals surface area contributed by atoms with Crippen LogP contribution in [0, 0.1) is 13.8 Å². The third kappa shape index (κ3) is 2.32. The van der Waals surface area contributed by atoms with Crippen LogP contribution in [0.2, 0.25) is 0 Å². The fraction of sp³-hybridized carbons (Fsp3) is 0.625. The summed E-state index contributed by atoms with van der Waals surface area (Å²) in [5.74, 6) is 0.895. The minimum Gasteiger partial charge on any atom is -0.504 e. The number of ether oxygens (including phenoxy) is 1. The van der Waals surface area contributed by atoms with Crippen LogP contribution in [-0.4, -0.2) is 18.8 Å². The molecule has 0 aromatic heterocycles. The first-order valence-corrected chi connectivity index (χ1v) is 7.13. The second-order valence-electron chi connectivity index (χ2n) is 5.79. The van der Waals surface area contributed by atoms with Crippen molar-refractivity contribution in [2.24, 2.45) is 5.73 Å². The summed E-state index contributed by atoms with van der Waals surface area (Å²) in [5.41, 5.74) is 9.16. The summed E-state index contributed by atoms with van der Waals surface area (Å²) in [5, 5.41) is 10.3. The van der Waals surface area contributed by atoms with Crippen LogP contribution in [0.3, 0.4) is 0 Å². The molecule has 1 aliphatic carbocycles. The maximum atomic E-state index is 10.3. The monoisotopic (exact) mass is 263 g/mol. The number of methoxy groups -OCH3 is 1. The number of hydrogen-bond donors (Lipinski definition) is 2. The van der Waals surface area contributed by atoms with E-state index in [-0.39, 0.29) is 11.2 Å². The van der Waals surface area contributed by atoms with Crippen molar-refractivity contribution in [1.29, 1.82) is 0 Å². The van der Waals surface area contributed by atoms with Crippen molar-refractivity contribution < 1.29 is 9.84 Å². The predicted molar refractivity (Wildman–Crippen MR) is 78.0 cm³/mol. The van der Waals surface area contributed by atoms with Gasteiger partial charge in [-0.3, -0.25) is 0 Å². The topological polar surface area (TPSA) is 55.5 Å². The highest BCUT2D eigenvalue weighted by molar-refractivity contribution is 5.56. The van der Waals surface area contributed by atoms with Gasteiger partial charge in [0.25, 0.3) is 0 Å². The number of aromatic hydroxyl groups is 1. The van der Waals surface area contributed by atoms with E-state index in [1.807, 2.05) is 13.8 Å². The molecule has 3 nitrogen and oxygen atoms in total. The van der Waals surface area contributed by atoms with Crippen LogP contribution >= 0.6 is 0 Å². The first-order chi connectivity index (χ1) is 9.05. The predicted octanol–water partition coefficient (Wildman–Crippen LogP) is 3.18. The molecular formula is C16H25NO2. The molecule has 1 saturated carbocycles. The van der Waals surface area contributed by atoms with Crippen molar-refractivity contribution in [2.45, 2.75) is 51.4 Å². The largest absolute Gasteiger partial charge is 0.504 e. The lowest BCUT2D eigenvalue weighted by Crippen LogP contribution is -2.37. The van der Waals surface area contributed by atoms with Gasteiger partial charge in [-0.15, -0.1) is 0 Å². The molecule has 3 N–H and O–H groups in total. The second-order valence-corrected chi connectivity index (χ2v) is 5.79. The first kappa shape index (κ1) is 14.2. The molecule has 0 heterocycles. The molecular weight excluding hydrogens is 238 g/mol. The van der Waals surface area contributed by atoms with Crippen molar-refractivity contribution >= 4 is 0 Å². The molecule has 0 amide bonds. The second kappa shape index (κ2) is 5.41. The Morgan fingerprint density at radius 1 is 1.26 bits per heavy atom. The Morgan fingerprint density at radius 2 is 1.89 bits per heavy atom. The van der Waals surface area contributed by atoms with Crippen molar-refractivity contribution in [3.63, 3.8) is 0 Å². The first-order valence-electron chi connectivity index (χ1n) is 7.13. The van der Waals surface area contributed by atoms with Crippen molar-refractivity contribution in [2.75, 3.05) is 13.7 Å². The average molecular weight is 263 g/mol. The molecule has 0 saturated heterocycles. The Kier molecular flexibility index (Phi) is 4.04. The van der Waals surface area contributed by atoms with Crippen LogP contribution in [0.15, 0.2) is 6.07 Å². The van der Waals surface area contributed by atoms with E-state index >= 15 is 0 Å². The lowest BCUT2D eigenvalue weighted by atomic mass is 9.68. The quantitative estimate of drug-likeness (QED) is 0.880. The number of hydrogen-bond acceptors (Lipinski definition) is 3. The van der Waals surface area contributed by atoms with E-state index in [1.165, 1.54) is 19.3 Å². The zero-order chi connectivity index (χ0) is 14.0. The summed E-state index contributed by atoms with van der Waals surface area (Å²) in [4.78, 5) is 0. The zero-order valence-electron chi connectivity index (χ0n) is 12.3. The van der Waals surface area contributed by atoms with Gasteiger partial charge in [-0.1, -0.05) is 25.3 Å². The molecule has 2 rings (SSSR count). The molecule has 1 fully saturated rings. The third-order valence-electron chi connectivity index (χ3n) is 4.74. The fourth-order valence-electron chi connectivity index (χ4n) is 3.29. The summed E-state index contributed by atoms with van der Waals surface area (Å²) in [7, 11) is 1.63. The molecule has 0 unspecified atom stereocenters. The molecule has 0 bridgehead atoms. The smallest absolute Gasteiger partial charge is 0.164 e. The Balaban J connectivity index is 2.59. The Bertz CT molecular complexity index is 462. The summed E-state index contributed by atoms with van der Waals surface area (Å²) in [6.45, 7) is 4.57. The van der Waals surface area contributed by atoms with Gasteiger partial charge in [0.2, 0.25) is 0 Å². The third-order valence-corrected chi connectivity index (χ3v) is 4.74. The van der Waals surface area contributed by atoms with Gasteiger partial charge in [0.1, 0.15) is 0 Å². The minimum absolute atomic E-state index is 0.0282. The molecule has 0 radical (unpaired) electrons. The number of benzene rings is 1. The molecule has 1 aliphatic rings. The lowest BCUT2D eigenvalue weighted by Gasteiger charge is -2.38. The standard InChI is InChI=1S/C16H25NO2/c1-11-9-13(15(19-3)14(18)12(11)2)16(10-17)7-5-4-6-8-16/h9,18H,4-8,10,17H2,1-3H3. The van der Waals surface area contributed by atoms with Gasteiger partial charge in [-0.2, -0.15) is 0 Å². The maximum Gasteiger partial charge on any atom is 0.164 e. The van der Waals surface area contributed by atoms with E-state index < -0.39 is 0 Å².